The number of hydrogen-bond acceptors (Lipinski definition) is 3. The van der Waals surface area contributed by atoms with Crippen molar-refractivity contribution in [1.82, 2.24) is 9.47 Å². The van der Waals surface area contributed by atoms with E-state index in [1.54, 1.807) is 12.2 Å². The zero-order valence-electron chi connectivity index (χ0n) is 39.3. The van der Waals surface area contributed by atoms with Gasteiger partial charge in [0.25, 0.3) is 0 Å². The van der Waals surface area contributed by atoms with Gasteiger partial charge in [-0.1, -0.05) is 104 Å². The molecule has 10 rings (SSSR count). The van der Waals surface area contributed by atoms with Gasteiger partial charge in [0.15, 0.2) is 0 Å². The summed E-state index contributed by atoms with van der Waals surface area (Å²) >= 11 is 0. The van der Waals surface area contributed by atoms with Crippen LogP contribution in [0.3, 0.4) is 0 Å². The number of hydrogen-bond donors (Lipinski definition) is 0. The minimum Gasteiger partial charge on any atom is -0.362 e. The molecule has 6 heteroatoms. The summed E-state index contributed by atoms with van der Waals surface area (Å²) in [6, 6.07) is 40.1. The fraction of sp³-hybridized carbons (Fsp3) is 0.194. The second-order valence-electron chi connectivity index (χ2n) is 18.5. The summed E-state index contributed by atoms with van der Waals surface area (Å²) in [5.41, 5.74) is 13.6. The molecule has 0 saturated carbocycles. The van der Waals surface area contributed by atoms with E-state index < -0.39 is 0 Å². The van der Waals surface area contributed by atoms with E-state index in [0.717, 1.165) is 80.6 Å². The molecule has 68 heavy (non-hydrogen) atoms. The van der Waals surface area contributed by atoms with Crippen molar-refractivity contribution >= 4 is 38.9 Å². The Morgan fingerprint density at radius 2 is 1.41 bits per heavy atom. The SMILES string of the molecule is C/C=C\C=C(/C)N(C1=CC=C2C(C/C=C\C=C/C(C)N2C2C=CC(F)=CC2)C1)c1ccc(-c2ccc(N(C3=CC=CC(C)C3)c3ccc4c(c3)c3ccccc3n4-c3ccc(F)cc3)cc2)cc1. The molecule has 0 spiro atoms. The van der Waals surface area contributed by atoms with Crippen LogP contribution in [0.2, 0.25) is 0 Å². The van der Waals surface area contributed by atoms with Gasteiger partial charge in [0, 0.05) is 68.3 Å². The van der Waals surface area contributed by atoms with Gasteiger partial charge in [-0.05, 0) is 173 Å². The molecule has 3 aliphatic carbocycles. The van der Waals surface area contributed by atoms with E-state index >= 15 is 0 Å². The van der Waals surface area contributed by atoms with Crippen molar-refractivity contribution in [1.29, 1.82) is 0 Å². The molecule has 0 amide bonds. The lowest BCUT2D eigenvalue weighted by Crippen LogP contribution is -2.42. The van der Waals surface area contributed by atoms with E-state index in [9.17, 15) is 8.78 Å². The molecule has 4 nitrogen and oxygen atoms in total. The van der Waals surface area contributed by atoms with Crippen LogP contribution >= 0.6 is 0 Å². The summed E-state index contributed by atoms with van der Waals surface area (Å²) in [5, 5.41) is 2.30. The van der Waals surface area contributed by atoms with Gasteiger partial charge in [0.1, 0.15) is 11.6 Å². The Bertz CT molecular complexity index is 3150. The van der Waals surface area contributed by atoms with Crippen molar-refractivity contribution in [3.8, 4) is 16.8 Å². The zero-order valence-corrected chi connectivity index (χ0v) is 39.3. The van der Waals surface area contributed by atoms with Crippen molar-refractivity contribution in [3.63, 3.8) is 0 Å². The van der Waals surface area contributed by atoms with Gasteiger partial charge in [0.2, 0.25) is 0 Å². The van der Waals surface area contributed by atoms with E-state index in [4.69, 9.17) is 0 Å². The highest BCUT2D eigenvalue weighted by molar-refractivity contribution is 6.10. The molecule has 1 aromatic heterocycles. The average Bonchev–Trinajstić information content (AvgIpc) is 3.72. The molecular formula is C62H58F2N4. The Morgan fingerprint density at radius 3 is 2.15 bits per heavy atom. The van der Waals surface area contributed by atoms with Crippen LogP contribution < -0.4 is 9.80 Å². The molecule has 0 fully saturated rings. The van der Waals surface area contributed by atoms with Crippen molar-refractivity contribution in [3.05, 3.63) is 241 Å². The van der Waals surface area contributed by atoms with Gasteiger partial charge in [-0.15, -0.1) is 0 Å². The monoisotopic (exact) mass is 896 g/mol. The van der Waals surface area contributed by atoms with E-state index in [1.807, 2.05) is 18.2 Å². The van der Waals surface area contributed by atoms with E-state index in [0.29, 0.717) is 12.3 Å². The highest BCUT2D eigenvalue weighted by atomic mass is 19.1. The van der Waals surface area contributed by atoms with Crippen LogP contribution in [0.15, 0.2) is 235 Å². The van der Waals surface area contributed by atoms with Crippen molar-refractivity contribution in [2.24, 2.45) is 11.8 Å². The lowest BCUT2D eigenvalue weighted by Gasteiger charge is -2.43. The van der Waals surface area contributed by atoms with Gasteiger partial charge in [-0.25, -0.2) is 8.78 Å². The van der Waals surface area contributed by atoms with E-state index in [2.05, 4.69) is 211 Å². The van der Waals surface area contributed by atoms with Crippen LogP contribution in [0, 0.1) is 17.7 Å². The quantitative estimate of drug-likeness (QED) is 0.127. The Labute approximate surface area is 400 Å². The Morgan fingerprint density at radius 1 is 0.676 bits per heavy atom. The number of allylic oxidation sites excluding steroid dienone is 17. The molecule has 4 unspecified atom stereocenters. The van der Waals surface area contributed by atoms with Gasteiger partial charge in [-0.3, -0.25) is 0 Å². The fourth-order valence-electron chi connectivity index (χ4n) is 10.5. The van der Waals surface area contributed by atoms with E-state index in [-0.39, 0.29) is 29.6 Å². The molecule has 4 atom stereocenters. The van der Waals surface area contributed by atoms with Crippen LogP contribution in [0.5, 0.6) is 0 Å². The van der Waals surface area contributed by atoms with Gasteiger partial charge in [-0.2, -0.15) is 0 Å². The van der Waals surface area contributed by atoms with E-state index in [1.165, 1.54) is 29.2 Å². The summed E-state index contributed by atoms with van der Waals surface area (Å²) in [5.74, 6) is 0.274. The van der Waals surface area contributed by atoms with Gasteiger partial charge >= 0.3 is 0 Å². The molecule has 6 aromatic rings. The number of para-hydroxylation sites is 1. The number of rotatable bonds is 10. The second kappa shape index (κ2) is 19.4. The van der Waals surface area contributed by atoms with Crippen molar-refractivity contribution < 1.29 is 8.78 Å². The smallest absolute Gasteiger partial charge is 0.123 e. The average molecular weight is 897 g/mol. The van der Waals surface area contributed by atoms with Crippen LogP contribution in [0.4, 0.5) is 25.8 Å². The summed E-state index contributed by atoms with van der Waals surface area (Å²) in [6.07, 6.45) is 35.2. The summed E-state index contributed by atoms with van der Waals surface area (Å²) in [6.45, 7) is 8.75. The molecule has 5 aromatic carbocycles. The topological polar surface area (TPSA) is 14.7 Å². The molecule has 0 bridgehead atoms. The van der Waals surface area contributed by atoms with Gasteiger partial charge in [0.05, 0.1) is 17.1 Å². The first kappa shape index (κ1) is 44.4. The molecular weight excluding hydrogens is 839 g/mol. The number of benzene rings is 5. The minimum absolute atomic E-state index is 0.0944. The Hall–Kier alpha value is -7.44. The van der Waals surface area contributed by atoms with Crippen LogP contribution in [-0.4, -0.2) is 21.6 Å². The molecule has 2 heterocycles. The molecule has 0 saturated heterocycles. The number of nitrogens with zero attached hydrogens (tertiary/aromatic N) is 4. The standard InChI is InChI=1S/C62H58F2N4/c1-5-6-14-44(3)65(56-36-38-60-48(41-56)16-9-7-8-15-45(4)66(60)52-32-24-49(63)25-33-52)51-28-20-46(21-29-51)47-22-30-53(31-23-47)67(55-17-12-13-43(2)40-55)57-37-39-62-59(42-57)58-18-10-11-19-61(58)68(62)54-34-26-50(64)27-35-54/h5-15,17-32,34-39,42-43,45,48,52H,16,33,40-41H2,1-4H3/b6-5-,9-7-,15-8-,44-14+. The third-order valence-electron chi connectivity index (χ3n) is 13.8. The highest BCUT2D eigenvalue weighted by Crippen LogP contribution is 2.42. The molecule has 0 radical (unpaired) electrons. The lowest BCUT2D eigenvalue weighted by molar-refractivity contribution is 0.224. The lowest BCUT2D eigenvalue weighted by atomic mass is 9.87. The number of anilines is 3. The minimum atomic E-state index is -0.246. The molecule has 1 aliphatic heterocycles. The first-order chi connectivity index (χ1) is 33.2. The highest BCUT2D eigenvalue weighted by Gasteiger charge is 2.32. The van der Waals surface area contributed by atoms with Crippen LogP contribution in [-0.2, 0) is 0 Å². The largest absolute Gasteiger partial charge is 0.362 e. The maximum atomic E-state index is 14.1. The summed E-state index contributed by atoms with van der Waals surface area (Å²) in [7, 11) is 0. The predicted molar refractivity (Wildman–Crippen MR) is 282 cm³/mol. The third-order valence-corrected chi connectivity index (χ3v) is 13.8. The zero-order chi connectivity index (χ0) is 46.7. The normalized spacial score (nSPS) is 21.6. The van der Waals surface area contributed by atoms with Crippen LogP contribution in [0.25, 0.3) is 38.6 Å². The summed E-state index contributed by atoms with van der Waals surface area (Å²) < 4.78 is 30.4. The van der Waals surface area contributed by atoms with Crippen LogP contribution in [0.1, 0.15) is 53.4 Å². The number of fused-ring (bicyclic) bond motifs is 4. The summed E-state index contributed by atoms with van der Waals surface area (Å²) in [4.78, 5) is 7.30. The molecule has 340 valence electrons. The molecule has 4 aliphatic rings. The Balaban J connectivity index is 0.970. The molecule has 0 N–H and O–H groups in total. The van der Waals surface area contributed by atoms with Crippen molar-refractivity contribution in [2.45, 2.75) is 65.5 Å². The maximum Gasteiger partial charge on any atom is 0.123 e. The number of aromatic nitrogens is 1. The van der Waals surface area contributed by atoms with Gasteiger partial charge < -0.3 is 19.3 Å². The first-order valence-corrected chi connectivity index (χ1v) is 24.1. The third kappa shape index (κ3) is 8.91. The predicted octanol–water partition coefficient (Wildman–Crippen LogP) is 16.7. The Kier molecular flexibility index (Phi) is 12.7. The number of halogens is 2. The van der Waals surface area contributed by atoms with Crippen molar-refractivity contribution in [2.75, 3.05) is 9.80 Å². The fourth-order valence-corrected chi connectivity index (χ4v) is 10.5. The maximum absolute atomic E-state index is 14.1. The first-order valence-electron chi connectivity index (χ1n) is 24.1. The second-order valence-corrected chi connectivity index (χ2v) is 18.5.